The van der Waals surface area contributed by atoms with Gasteiger partial charge in [-0.15, -0.1) is 0 Å². The predicted octanol–water partition coefficient (Wildman–Crippen LogP) is 3.00. The van der Waals surface area contributed by atoms with Crippen molar-refractivity contribution in [2.75, 3.05) is 21.1 Å². The van der Waals surface area contributed by atoms with Gasteiger partial charge >= 0.3 is 6.03 Å². The molecule has 0 spiro atoms. The predicted molar refractivity (Wildman–Crippen MR) is 84.8 cm³/mol. The van der Waals surface area contributed by atoms with Crippen LogP contribution in [0.1, 0.15) is 17.2 Å². The smallest absolute Gasteiger partial charge is 0.332 e. The fourth-order valence-corrected chi connectivity index (χ4v) is 2.69. The van der Waals surface area contributed by atoms with E-state index in [9.17, 15) is 4.79 Å². The number of ether oxygens (including phenoxy) is 1. The van der Waals surface area contributed by atoms with Gasteiger partial charge in [-0.25, -0.2) is 9.80 Å². The molecule has 0 bridgehead atoms. The summed E-state index contributed by atoms with van der Waals surface area (Å²) >= 11 is 0. The van der Waals surface area contributed by atoms with Crippen LogP contribution in [-0.2, 0) is 0 Å². The van der Waals surface area contributed by atoms with E-state index in [0.29, 0.717) is 0 Å². The molecule has 0 fully saturated rings. The van der Waals surface area contributed by atoms with Crippen molar-refractivity contribution in [1.29, 1.82) is 0 Å². The average molecular weight is 297 g/mol. The summed E-state index contributed by atoms with van der Waals surface area (Å²) in [5, 5.41) is 1.63. The van der Waals surface area contributed by atoms with E-state index < -0.39 is 0 Å². The number of amides is 2. The Balaban J connectivity index is 2.04. The minimum absolute atomic E-state index is 0.165. The Morgan fingerprint density at radius 2 is 1.45 bits per heavy atom. The second-order valence-electron chi connectivity index (χ2n) is 5.50. The van der Waals surface area contributed by atoms with Gasteiger partial charge in [-0.1, -0.05) is 36.4 Å². The van der Waals surface area contributed by atoms with Gasteiger partial charge < -0.3 is 9.64 Å². The zero-order chi connectivity index (χ0) is 15.7. The van der Waals surface area contributed by atoms with Crippen LogP contribution < -0.4 is 10.2 Å². The van der Waals surface area contributed by atoms with Gasteiger partial charge in [-0.05, 0) is 12.1 Å². The van der Waals surface area contributed by atoms with E-state index >= 15 is 0 Å². The molecular formula is C17H19N3O2. The second-order valence-corrected chi connectivity index (χ2v) is 5.50. The largest absolute Gasteiger partial charge is 0.457 e. The summed E-state index contributed by atoms with van der Waals surface area (Å²) in [6.07, 6.45) is 0. The molecule has 0 saturated carbocycles. The standard InChI is InChI=1S/C17H19N3O2/c1-19(2)18-17(21)20(3)16-12-8-4-6-10-14(12)22-15-11-7-5-9-13(15)16/h4-11,16H,1-3H3,(H,18,21). The summed E-state index contributed by atoms with van der Waals surface area (Å²) in [4.78, 5) is 14.1. The minimum atomic E-state index is -0.180. The molecule has 0 unspecified atom stereocenters. The highest BCUT2D eigenvalue weighted by molar-refractivity contribution is 5.75. The molecular weight excluding hydrogens is 278 g/mol. The van der Waals surface area contributed by atoms with E-state index in [2.05, 4.69) is 5.43 Å². The van der Waals surface area contributed by atoms with Gasteiger partial charge in [0.05, 0.1) is 6.04 Å². The number of hydrazine groups is 1. The van der Waals surface area contributed by atoms with Crippen molar-refractivity contribution >= 4 is 6.03 Å². The molecule has 1 aliphatic heterocycles. The molecule has 1 N–H and O–H groups in total. The lowest BCUT2D eigenvalue weighted by Gasteiger charge is -2.35. The SMILES string of the molecule is CN(C)NC(=O)N(C)C1c2ccccc2Oc2ccccc21. The third-order valence-electron chi connectivity index (χ3n) is 3.67. The molecule has 2 aromatic rings. The van der Waals surface area contributed by atoms with Crippen LogP contribution in [0.3, 0.4) is 0 Å². The van der Waals surface area contributed by atoms with Crippen LogP contribution in [0.2, 0.25) is 0 Å². The summed E-state index contributed by atoms with van der Waals surface area (Å²) in [6.45, 7) is 0. The molecule has 2 amide bonds. The quantitative estimate of drug-likeness (QED) is 0.867. The molecule has 0 saturated heterocycles. The van der Waals surface area contributed by atoms with Gasteiger partial charge in [0, 0.05) is 32.3 Å². The molecule has 1 aliphatic rings. The highest BCUT2D eigenvalue weighted by Gasteiger charge is 2.32. The van der Waals surface area contributed by atoms with Gasteiger partial charge in [-0.3, -0.25) is 5.43 Å². The first-order chi connectivity index (χ1) is 10.6. The van der Waals surface area contributed by atoms with Gasteiger partial charge in [0.15, 0.2) is 0 Å². The van der Waals surface area contributed by atoms with Crippen molar-refractivity contribution in [2.45, 2.75) is 6.04 Å². The molecule has 0 aromatic heterocycles. The van der Waals surface area contributed by atoms with Crippen LogP contribution in [0.25, 0.3) is 0 Å². The van der Waals surface area contributed by atoms with Crippen molar-refractivity contribution in [3.8, 4) is 11.5 Å². The monoisotopic (exact) mass is 297 g/mol. The molecule has 0 atom stereocenters. The summed E-state index contributed by atoms with van der Waals surface area (Å²) < 4.78 is 5.95. The van der Waals surface area contributed by atoms with Crippen molar-refractivity contribution in [2.24, 2.45) is 0 Å². The van der Waals surface area contributed by atoms with Crippen LogP contribution in [0, 0.1) is 0 Å². The van der Waals surface area contributed by atoms with Crippen LogP contribution in [-0.4, -0.2) is 37.1 Å². The number of benzene rings is 2. The molecule has 0 radical (unpaired) electrons. The molecule has 0 aliphatic carbocycles. The lowest BCUT2D eigenvalue weighted by Crippen LogP contribution is -2.46. The van der Waals surface area contributed by atoms with Crippen LogP contribution in [0.15, 0.2) is 48.5 Å². The number of para-hydroxylation sites is 2. The number of hydrogen-bond acceptors (Lipinski definition) is 3. The van der Waals surface area contributed by atoms with Crippen LogP contribution >= 0.6 is 0 Å². The third-order valence-corrected chi connectivity index (χ3v) is 3.67. The van der Waals surface area contributed by atoms with E-state index in [1.165, 1.54) is 0 Å². The van der Waals surface area contributed by atoms with Crippen molar-refractivity contribution < 1.29 is 9.53 Å². The summed E-state index contributed by atoms with van der Waals surface area (Å²) in [5.41, 5.74) is 4.75. The van der Waals surface area contributed by atoms with Gasteiger partial charge in [0.2, 0.25) is 0 Å². The van der Waals surface area contributed by atoms with Crippen LogP contribution in [0.5, 0.6) is 11.5 Å². The maximum absolute atomic E-state index is 12.4. The van der Waals surface area contributed by atoms with E-state index in [4.69, 9.17) is 4.74 Å². The van der Waals surface area contributed by atoms with Crippen molar-refractivity contribution in [3.05, 3.63) is 59.7 Å². The fourth-order valence-electron chi connectivity index (χ4n) is 2.69. The van der Waals surface area contributed by atoms with Gasteiger partial charge in [0.25, 0.3) is 0 Å². The minimum Gasteiger partial charge on any atom is -0.457 e. The Kier molecular flexibility index (Phi) is 3.73. The number of carbonyl (C=O) groups is 1. The lowest BCUT2D eigenvalue weighted by atomic mass is 9.93. The number of nitrogens with zero attached hydrogens (tertiary/aromatic N) is 2. The molecule has 114 valence electrons. The normalized spacial score (nSPS) is 13.1. The number of fused-ring (bicyclic) bond motifs is 2. The zero-order valence-corrected chi connectivity index (χ0v) is 12.9. The number of carbonyl (C=O) groups excluding carboxylic acids is 1. The number of hydrogen-bond donors (Lipinski definition) is 1. The number of urea groups is 1. The first-order valence-corrected chi connectivity index (χ1v) is 7.14. The number of nitrogens with one attached hydrogen (secondary N) is 1. The lowest BCUT2D eigenvalue weighted by molar-refractivity contribution is 0.168. The summed E-state index contributed by atoms with van der Waals surface area (Å²) in [6, 6.07) is 15.3. The van der Waals surface area contributed by atoms with E-state index in [1.807, 2.05) is 48.5 Å². The first kappa shape index (κ1) is 14.4. The van der Waals surface area contributed by atoms with Crippen LogP contribution in [0.4, 0.5) is 4.79 Å². The molecule has 3 rings (SSSR count). The van der Waals surface area contributed by atoms with E-state index in [-0.39, 0.29) is 12.1 Å². The Labute approximate surface area is 130 Å². The van der Waals surface area contributed by atoms with Gasteiger partial charge in [-0.2, -0.15) is 0 Å². The molecule has 22 heavy (non-hydrogen) atoms. The molecule has 1 heterocycles. The topological polar surface area (TPSA) is 44.8 Å². The Bertz CT molecular complexity index is 654. The number of rotatable bonds is 2. The third kappa shape index (κ3) is 2.51. The molecule has 5 nitrogen and oxygen atoms in total. The van der Waals surface area contributed by atoms with Crippen molar-refractivity contribution in [3.63, 3.8) is 0 Å². The van der Waals surface area contributed by atoms with E-state index in [1.54, 1.807) is 31.1 Å². The first-order valence-electron chi connectivity index (χ1n) is 7.14. The van der Waals surface area contributed by atoms with Crippen molar-refractivity contribution in [1.82, 2.24) is 15.3 Å². The highest BCUT2D eigenvalue weighted by Crippen LogP contribution is 2.44. The summed E-state index contributed by atoms with van der Waals surface area (Å²) in [7, 11) is 5.37. The Morgan fingerprint density at radius 3 is 1.95 bits per heavy atom. The maximum atomic E-state index is 12.4. The van der Waals surface area contributed by atoms with Gasteiger partial charge in [0.1, 0.15) is 11.5 Å². The zero-order valence-electron chi connectivity index (χ0n) is 12.9. The summed E-state index contributed by atoms with van der Waals surface area (Å²) in [5.74, 6) is 1.58. The molecule has 2 aromatic carbocycles. The second kappa shape index (κ2) is 5.69. The highest BCUT2D eigenvalue weighted by atomic mass is 16.5. The fraction of sp³-hybridized carbons (Fsp3) is 0.235. The molecule has 5 heteroatoms. The maximum Gasteiger partial charge on any atom is 0.332 e. The van der Waals surface area contributed by atoms with E-state index in [0.717, 1.165) is 22.6 Å². The Hall–Kier alpha value is -2.53. The Morgan fingerprint density at radius 1 is 0.955 bits per heavy atom. The average Bonchev–Trinajstić information content (AvgIpc) is 2.51.